The van der Waals surface area contributed by atoms with Crippen LogP contribution < -0.4 is 15.9 Å². The van der Waals surface area contributed by atoms with E-state index in [-0.39, 0.29) is 5.54 Å². The number of anilines is 1. The predicted molar refractivity (Wildman–Crippen MR) is 121 cm³/mol. The van der Waals surface area contributed by atoms with Gasteiger partial charge in [-0.2, -0.15) is 0 Å². The maximum Gasteiger partial charge on any atom is 0.224 e. The van der Waals surface area contributed by atoms with Gasteiger partial charge < -0.3 is 20.2 Å². The summed E-state index contributed by atoms with van der Waals surface area (Å²) in [5.41, 5.74) is 3.98. The summed E-state index contributed by atoms with van der Waals surface area (Å²) in [4.78, 5) is 13.1. The fourth-order valence-electron chi connectivity index (χ4n) is 4.64. The van der Waals surface area contributed by atoms with E-state index in [1.54, 1.807) is 11.3 Å². The third-order valence-corrected chi connectivity index (χ3v) is 8.70. The van der Waals surface area contributed by atoms with E-state index in [1.807, 2.05) is 31.7 Å². The number of aromatic nitrogens is 3. The van der Waals surface area contributed by atoms with E-state index in [9.17, 15) is 4.57 Å². The smallest absolute Gasteiger partial charge is 0.224 e. The van der Waals surface area contributed by atoms with Gasteiger partial charge in [-0.1, -0.05) is 12.1 Å². The number of fused-ring (bicyclic) bond motifs is 3. The van der Waals surface area contributed by atoms with Gasteiger partial charge >= 0.3 is 0 Å². The average molecular weight is 423 g/mol. The average Bonchev–Trinajstić information content (AvgIpc) is 3.11. The van der Waals surface area contributed by atoms with E-state index in [0.717, 1.165) is 50.8 Å². The molecule has 6 nitrogen and oxygen atoms in total. The molecule has 6 rings (SSSR count). The van der Waals surface area contributed by atoms with Crippen molar-refractivity contribution in [3.8, 4) is 11.3 Å². The Labute approximate surface area is 172 Å². The maximum absolute atomic E-state index is 12.8. The molecule has 4 aromatic rings. The van der Waals surface area contributed by atoms with E-state index in [0.29, 0.717) is 11.9 Å². The van der Waals surface area contributed by atoms with Crippen LogP contribution in [0.1, 0.15) is 6.42 Å². The molecule has 0 amide bonds. The lowest BCUT2D eigenvalue weighted by atomic mass is 10.1. The fourth-order valence-corrected chi connectivity index (χ4v) is 6.64. The lowest BCUT2D eigenvalue weighted by molar-refractivity contribution is 0.588. The Morgan fingerprint density at radius 2 is 2.17 bits per heavy atom. The summed E-state index contributed by atoms with van der Waals surface area (Å²) in [6.07, 6.45) is 3.17. The number of nitrogens with one attached hydrogen (secondary N) is 3. The third-order valence-electron chi connectivity index (χ3n) is 6.26. The normalized spacial score (nSPS) is 23.6. The summed E-state index contributed by atoms with van der Waals surface area (Å²) in [6, 6.07) is 8.07. The second kappa shape index (κ2) is 5.91. The van der Waals surface area contributed by atoms with Crippen LogP contribution in [0.4, 0.5) is 5.95 Å². The molecule has 0 spiro atoms. The largest absolute Gasteiger partial charge is 0.360 e. The highest BCUT2D eigenvalue weighted by atomic mass is 32.1. The van der Waals surface area contributed by atoms with Crippen LogP contribution in [0.15, 0.2) is 35.8 Å². The second-order valence-corrected chi connectivity index (χ2v) is 12.7. The number of nitrogens with zero attached hydrogens (tertiary/aromatic N) is 2. The number of aromatic amines is 1. The van der Waals surface area contributed by atoms with E-state index >= 15 is 0 Å². The molecule has 1 aromatic carbocycles. The molecule has 0 radical (unpaired) electrons. The van der Waals surface area contributed by atoms with Gasteiger partial charge in [0.25, 0.3) is 0 Å². The Morgan fingerprint density at radius 1 is 1.28 bits per heavy atom. The summed E-state index contributed by atoms with van der Waals surface area (Å²) < 4.78 is 13.9. The topological polar surface area (TPSA) is 82.7 Å². The lowest BCUT2D eigenvalue weighted by Crippen LogP contribution is -2.30. The predicted octanol–water partition coefficient (Wildman–Crippen LogP) is 3.86. The molecule has 1 saturated carbocycles. The third kappa shape index (κ3) is 2.68. The van der Waals surface area contributed by atoms with Crippen molar-refractivity contribution in [2.45, 2.75) is 12.0 Å². The Bertz CT molecular complexity index is 1320. The fraction of sp³-hybridized carbons (Fsp3) is 0.333. The number of H-pyrrole nitrogens is 1. The molecule has 0 bridgehead atoms. The molecule has 1 aliphatic carbocycles. The first-order chi connectivity index (χ1) is 13.9. The first-order valence-corrected chi connectivity index (χ1v) is 13.3. The molecule has 2 aliphatic rings. The Hall–Kier alpha value is -2.21. The first-order valence-electron chi connectivity index (χ1n) is 9.85. The van der Waals surface area contributed by atoms with Crippen molar-refractivity contribution in [3.63, 3.8) is 0 Å². The van der Waals surface area contributed by atoms with Gasteiger partial charge in [-0.05, 0) is 43.2 Å². The zero-order chi connectivity index (χ0) is 19.8. The van der Waals surface area contributed by atoms with Crippen molar-refractivity contribution in [3.05, 3.63) is 35.8 Å². The molecule has 1 aliphatic heterocycles. The van der Waals surface area contributed by atoms with Crippen LogP contribution in [-0.4, -0.2) is 46.9 Å². The van der Waals surface area contributed by atoms with Crippen LogP contribution in [-0.2, 0) is 4.57 Å². The quantitative estimate of drug-likeness (QED) is 0.434. The molecule has 1 unspecified atom stereocenters. The number of thiophene rings is 1. The minimum atomic E-state index is -2.39. The van der Waals surface area contributed by atoms with Crippen molar-refractivity contribution >= 4 is 50.9 Å². The molecule has 4 heterocycles. The minimum Gasteiger partial charge on any atom is -0.360 e. The number of hydrogen-bond donors (Lipinski definition) is 3. The Balaban J connectivity index is 1.53. The molecule has 148 valence electrons. The minimum absolute atomic E-state index is 0.116. The van der Waals surface area contributed by atoms with Crippen molar-refractivity contribution in [1.82, 2.24) is 20.3 Å². The Morgan fingerprint density at radius 3 is 2.93 bits per heavy atom. The second-order valence-electron chi connectivity index (χ2n) is 8.60. The van der Waals surface area contributed by atoms with Gasteiger partial charge in [0.1, 0.15) is 7.14 Å². The van der Waals surface area contributed by atoms with Crippen molar-refractivity contribution in [2.75, 3.05) is 31.7 Å². The van der Waals surface area contributed by atoms with Crippen LogP contribution in [0, 0.1) is 5.92 Å². The number of para-hydroxylation sites is 1. The van der Waals surface area contributed by atoms with E-state index < -0.39 is 7.14 Å². The summed E-state index contributed by atoms with van der Waals surface area (Å²) in [6.45, 7) is 5.66. The molecule has 2 fully saturated rings. The van der Waals surface area contributed by atoms with Gasteiger partial charge in [0, 0.05) is 35.5 Å². The summed E-state index contributed by atoms with van der Waals surface area (Å²) in [5, 5.41) is 11.1. The summed E-state index contributed by atoms with van der Waals surface area (Å²) in [5.74, 6) is 1.37. The van der Waals surface area contributed by atoms with Crippen LogP contribution in [0.3, 0.4) is 0 Å². The molecule has 3 N–H and O–H groups in total. The molecular formula is C21H22N5OPS. The SMILES string of the molecule is CP(C)(=O)c1cccc2c(-c3nc(N[C@]45CNCC4C5)nc4ccsc34)c[nH]c12. The van der Waals surface area contributed by atoms with Gasteiger partial charge in [0.05, 0.1) is 27.0 Å². The lowest BCUT2D eigenvalue weighted by Gasteiger charge is -2.15. The van der Waals surface area contributed by atoms with Gasteiger partial charge in [0.2, 0.25) is 5.95 Å². The monoisotopic (exact) mass is 423 g/mol. The molecule has 3 aromatic heterocycles. The van der Waals surface area contributed by atoms with E-state index in [2.05, 4.69) is 33.1 Å². The van der Waals surface area contributed by atoms with Gasteiger partial charge in [-0.3, -0.25) is 0 Å². The highest BCUT2D eigenvalue weighted by Crippen LogP contribution is 2.48. The molecule has 29 heavy (non-hydrogen) atoms. The maximum atomic E-state index is 12.8. The number of hydrogen-bond acceptors (Lipinski definition) is 6. The summed E-state index contributed by atoms with van der Waals surface area (Å²) >= 11 is 1.66. The number of piperidine rings is 1. The summed E-state index contributed by atoms with van der Waals surface area (Å²) in [7, 11) is -2.39. The van der Waals surface area contributed by atoms with Crippen LogP contribution in [0.2, 0.25) is 0 Å². The Kier molecular flexibility index (Phi) is 3.59. The van der Waals surface area contributed by atoms with Crippen molar-refractivity contribution < 1.29 is 4.57 Å². The number of benzene rings is 1. The highest BCUT2D eigenvalue weighted by Gasteiger charge is 2.57. The standard InChI is InChI=1S/C21H22N5OPS/c1-28(2,27)16-5-3-4-13-14(10-23-17(13)16)18-19-15(6-7-29-19)24-20(25-18)26-21-8-12(21)9-22-11-21/h3-7,10,12,22-23H,8-9,11H2,1-2H3,(H,24,25,26)/t12?,21-/m1/s1. The molecule has 8 heteroatoms. The van der Waals surface area contributed by atoms with Crippen LogP contribution >= 0.6 is 18.5 Å². The van der Waals surface area contributed by atoms with Gasteiger partial charge in [0.15, 0.2) is 0 Å². The van der Waals surface area contributed by atoms with Crippen molar-refractivity contribution in [2.24, 2.45) is 5.92 Å². The van der Waals surface area contributed by atoms with E-state index in [1.165, 1.54) is 6.42 Å². The van der Waals surface area contributed by atoms with Gasteiger partial charge in [-0.15, -0.1) is 11.3 Å². The first kappa shape index (κ1) is 17.6. The zero-order valence-corrected chi connectivity index (χ0v) is 18.0. The molecule has 1 saturated heterocycles. The molecule has 2 atom stereocenters. The van der Waals surface area contributed by atoms with Crippen molar-refractivity contribution in [1.29, 1.82) is 0 Å². The van der Waals surface area contributed by atoms with E-state index in [4.69, 9.17) is 9.97 Å². The van der Waals surface area contributed by atoms with Crippen LogP contribution in [0.5, 0.6) is 0 Å². The highest BCUT2D eigenvalue weighted by molar-refractivity contribution is 7.70. The molecular weight excluding hydrogens is 401 g/mol. The zero-order valence-electron chi connectivity index (χ0n) is 16.3. The van der Waals surface area contributed by atoms with Gasteiger partial charge in [-0.25, -0.2) is 9.97 Å². The van der Waals surface area contributed by atoms with Crippen LogP contribution in [0.25, 0.3) is 32.4 Å². The number of rotatable bonds is 4.